The molecule has 0 unspecified atom stereocenters. The molecular formula is C17H15NO3. The van der Waals surface area contributed by atoms with Crippen LogP contribution >= 0.6 is 0 Å². The van der Waals surface area contributed by atoms with Gasteiger partial charge in [0, 0.05) is 5.39 Å². The maximum absolute atomic E-state index is 11.2. The van der Waals surface area contributed by atoms with Crippen LogP contribution in [0.1, 0.15) is 21.6 Å². The lowest BCUT2D eigenvalue weighted by molar-refractivity contribution is 0.0699. The van der Waals surface area contributed by atoms with Gasteiger partial charge in [-0.3, -0.25) is 0 Å². The van der Waals surface area contributed by atoms with Crippen molar-refractivity contribution in [1.29, 1.82) is 0 Å². The van der Waals surface area contributed by atoms with Crippen LogP contribution in [0.15, 0.2) is 48.5 Å². The Kier molecular flexibility index (Phi) is 3.36. The molecule has 0 aliphatic heterocycles. The van der Waals surface area contributed by atoms with Crippen molar-refractivity contribution >= 4 is 16.9 Å². The number of aromatic amines is 1. The molecule has 4 nitrogen and oxygen atoms in total. The van der Waals surface area contributed by atoms with E-state index in [0.29, 0.717) is 12.1 Å². The first-order chi connectivity index (χ1) is 10.1. The van der Waals surface area contributed by atoms with E-state index in [0.717, 1.165) is 22.4 Å². The van der Waals surface area contributed by atoms with Gasteiger partial charge in [-0.05, 0) is 30.7 Å². The van der Waals surface area contributed by atoms with Crippen LogP contribution in [0.5, 0.6) is 5.75 Å². The van der Waals surface area contributed by atoms with Crippen LogP contribution in [-0.2, 0) is 6.61 Å². The van der Waals surface area contributed by atoms with Crippen molar-refractivity contribution in [2.75, 3.05) is 0 Å². The van der Waals surface area contributed by atoms with Crippen molar-refractivity contribution in [3.05, 3.63) is 65.4 Å². The second-order valence-electron chi connectivity index (χ2n) is 4.92. The number of carbonyl (C=O) groups is 1. The maximum atomic E-state index is 11.2. The van der Waals surface area contributed by atoms with E-state index in [1.165, 1.54) is 0 Å². The van der Waals surface area contributed by atoms with Gasteiger partial charge in [0.1, 0.15) is 12.4 Å². The number of aromatic nitrogens is 1. The first kappa shape index (κ1) is 13.2. The van der Waals surface area contributed by atoms with E-state index in [1.54, 1.807) is 12.1 Å². The molecule has 0 saturated carbocycles. The number of para-hydroxylation sites is 2. The predicted octanol–water partition coefficient (Wildman–Crippen LogP) is 3.75. The van der Waals surface area contributed by atoms with Crippen molar-refractivity contribution < 1.29 is 14.6 Å². The zero-order chi connectivity index (χ0) is 14.8. The fourth-order valence-corrected chi connectivity index (χ4v) is 2.34. The van der Waals surface area contributed by atoms with E-state index in [1.807, 2.05) is 43.3 Å². The summed E-state index contributed by atoms with van der Waals surface area (Å²) < 4.78 is 5.77. The number of aryl methyl sites for hydroxylation is 1. The molecule has 0 amide bonds. The number of benzene rings is 2. The van der Waals surface area contributed by atoms with Crippen molar-refractivity contribution in [2.45, 2.75) is 13.5 Å². The number of hydrogen-bond donors (Lipinski definition) is 2. The number of aromatic carboxylic acids is 1. The summed E-state index contributed by atoms with van der Waals surface area (Å²) in [5.74, 6) is -0.108. The number of fused-ring (bicyclic) bond motifs is 1. The number of nitrogens with one attached hydrogen (secondary N) is 1. The zero-order valence-electron chi connectivity index (χ0n) is 11.6. The maximum Gasteiger partial charge on any atom is 0.337 e. The van der Waals surface area contributed by atoms with Crippen LogP contribution < -0.4 is 4.74 Å². The summed E-state index contributed by atoms with van der Waals surface area (Å²) in [4.78, 5) is 14.3. The van der Waals surface area contributed by atoms with Crippen LogP contribution in [0.2, 0.25) is 0 Å². The van der Waals surface area contributed by atoms with Crippen molar-refractivity contribution in [3.63, 3.8) is 0 Å². The highest BCUT2D eigenvalue weighted by atomic mass is 16.5. The summed E-state index contributed by atoms with van der Waals surface area (Å²) in [6.45, 7) is 2.36. The highest BCUT2D eigenvalue weighted by molar-refractivity contribution is 6.02. The Morgan fingerprint density at radius 1 is 1.19 bits per heavy atom. The van der Waals surface area contributed by atoms with E-state index in [9.17, 15) is 9.90 Å². The minimum atomic E-state index is -0.936. The van der Waals surface area contributed by atoms with Gasteiger partial charge in [-0.15, -0.1) is 0 Å². The van der Waals surface area contributed by atoms with Crippen LogP contribution in [0, 0.1) is 6.92 Å². The molecule has 0 bridgehead atoms. The zero-order valence-corrected chi connectivity index (χ0v) is 11.6. The van der Waals surface area contributed by atoms with E-state index in [-0.39, 0.29) is 5.56 Å². The average Bonchev–Trinajstić information content (AvgIpc) is 2.88. The Morgan fingerprint density at radius 2 is 2.00 bits per heavy atom. The first-order valence-corrected chi connectivity index (χ1v) is 6.67. The molecule has 106 valence electrons. The van der Waals surface area contributed by atoms with E-state index >= 15 is 0 Å². The highest BCUT2D eigenvalue weighted by Crippen LogP contribution is 2.22. The fourth-order valence-electron chi connectivity index (χ4n) is 2.34. The molecule has 3 aromatic rings. The number of rotatable bonds is 4. The van der Waals surface area contributed by atoms with E-state index in [4.69, 9.17) is 4.74 Å². The number of carboxylic acids is 1. The standard InChI is InChI=1S/C17H15NO3/c1-11-5-2-3-8-15(11)21-10-13-9-12-6-4-7-14(17(19)20)16(12)18-13/h2-9,18H,10H2,1H3,(H,19,20). The Labute approximate surface area is 122 Å². The normalized spacial score (nSPS) is 10.7. The Bertz CT molecular complexity index is 805. The van der Waals surface area contributed by atoms with Crippen LogP contribution in [-0.4, -0.2) is 16.1 Å². The van der Waals surface area contributed by atoms with Crippen molar-refractivity contribution in [3.8, 4) is 5.75 Å². The average molecular weight is 281 g/mol. The number of ether oxygens (including phenoxy) is 1. The molecule has 0 radical (unpaired) electrons. The minimum Gasteiger partial charge on any atom is -0.487 e. The van der Waals surface area contributed by atoms with Crippen molar-refractivity contribution in [2.24, 2.45) is 0 Å². The second-order valence-corrected chi connectivity index (χ2v) is 4.92. The minimum absolute atomic E-state index is 0.273. The lowest BCUT2D eigenvalue weighted by Crippen LogP contribution is -1.98. The monoisotopic (exact) mass is 281 g/mol. The summed E-state index contributed by atoms with van der Waals surface area (Å²) >= 11 is 0. The van der Waals surface area contributed by atoms with Crippen LogP contribution in [0.4, 0.5) is 0 Å². The van der Waals surface area contributed by atoms with Gasteiger partial charge in [0.15, 0.2) is 0 Å². The molecule has 0 aliphatic carbocycles. The molecule has 2 aromatic carbocycles. The van der Waals surface area contributed by atoms with Gasteiger partial charge in [-0.2, -0.15) is 0 Å². The Morgan fingerprint density at radius 3 is 2.76 bits per heavy atom. The third-order valence-electron chi connectivity index (χ3n) is 3.42. The van der Waals surface area contributed by atoms with Crippen LogP contribution in [0.3, 0.4) is 0 Å². The van der Waals surface area contributed by atoms with Crippen LogP contribution in [0.25, 0.3) is 10.9 Å². The van der Waals surface area contributed by atoms with Gasteiger partial charge in [-0.1, -0.05) is 30.3 Å². The summed E-state index contributed by atoms with van der Waals surface area (Å²) in [6.07, 6.45) is 0. The van der Waals surface area contributed by atoms with Gasteiger partial charge in [-0.25, -0.2) is 4.79 Å². The smallest absolute Gasteiger partial charge is 0.337 e. The summed E-state index contributed by atoms with van der Waals surface area (Å²) in [5, 5.41) is 10.1. The summed E-state index contributed by atoms with van der Waals surface area (Å²) in [7, 11) is 0. The molecule has 0 saturated heterocycles. The van der Waals surface area contributed by atoms with Gasteiger partial charge in [0.05, 0.1) is 16.8 Å². The molecule has 1 aromatic heterocycles. The molecule has 21 heavy (non-hydrogen) atoms. The third-order valence-corrected chi connectivity index (χ3v) is 3.42. The topological polar surface area (TPSA) is 62.3 Å². The summed E-state index contributed by atoms with van der Waals surface area (Å²) in [6, 6.07) is 14.9. The quantitative estimate of drug-likeness (QED) is 0.765. The molecule has 2 N–H and O–H groups in total. The van der Waals surface area contributed by atoms with E-state index < -0.39 is 5.97 Å². The molecule has 0 atom stereocenters. The predicted molar refractivity (Wildman–Crippen MR) is 80.8 cm³/mol. The SMILES string of the molecule is Cc1ccccc1OCc1cc2cccc(C(=O)O)c2[nH]1. The fraction of sp³-hybridized carbons (Fsp3) is 0.118. The lowest BCUT2D eigenvalue weighted by atomic mass is 10.1. The highest BCUT2D eigenvalue weighted by Gasteiger charge is 2.11. The first-order valence-electron chi connectivity index (χ1n) is 6.67. The van der Waals surface area contributed by atoms with E-state index in [2.05, 4.69) is 4.98 Å². The molecule has 0 aliphatic rings. The summed E-state index contributed by atoms with van der Waals surface area (Å²) in [5.41, 5.74) is 2.82. The Balaban J connectivity index is 1.87. The molecule has 0 fully saturated rings. The molecular weight excluding hydrogens is 266 g/mol. The number of H-pyrrole nitrogens is 1. The lowest BCUT2D eigenvalue weighted by Gasteiger charge is -2.07. The largest absolute Gasteiger partial charge is 0.487 e. The third kappa shape index (κ3) is 2.60. The molecule has 0 spiro atoms. The second kappa shape index (κ2) is 5.32. The molecule has 3 rings (SSSR count). The van der Waals surface area contributed by atoms with Gasteiger partial charge < -0.3 is 14.8 Å². The Hall–Kier alpha value is -2.75. The van der Waals surface area contributed by atoms with Gasteiger partial charge >= 0.3 is 5.97 Å². The van der Waals surface area contributed by atoms with Gasteiger partial charge in [0.25, 0.3) is 0 Å². The van der Waals surface area contributed by atoms with Gasteiger partial charge in [0.2, 0.25) is 0 Å². The van der Waals surface area contributed by atoms with Crippen molar-refractivity contribution in [1.82, 2.24) is 4.98 Å². The number of hydrogen-bond acceptors (Lipinski definition) is 2. The molecule has 1 heterocycles. The molecule has 4 heteroatoms. The number of carboxylic acid groups (broad SMARTS) is 1.